The maximum absolute atomic E-state index is 13.0. The lowest BCUT2D eigenvalue weighted by Crippen LogP contribution is -2.30. The van der Waals surface area contributed by atoms with Crippen LogP contribution in [-0.2, 0) is 4.79 Å². The van der Waals surface area contributed by atoms with Crippen LogP contribution in [0.1, 0.15) is 24.4 Å². The van der Waals surface area contributed by atoms with Gasteiger partial charge in [0.15, 0.2) is 0 Å². The highest BCUT2D eigenvalue weighted by molar-refractivity contribution is 8.13. The number of para-hydroxylation sites is 1. The SMILES string of the molecule is CSC1=NC(C)=C(C(=O)Nc2ccccc2)[C@H](c2ccc(C)o2)C1C#N. The summed E-state index contributed by atoms with van der Waals surface area (Å²) >= 11 is 1.43. The van der Waals surface area contributed by atoms with Crippen LogP contribution in [0.2, 0.25) is 0 Å². The van der Waals surface area contributed by atoms with E-state index in [0.717, 1.165) is 5.76 Å². The Labute approximate surface area is 156 Å². The molecule has 6 heteroatoms. The maximum Gasteiger partial charge on any atom is 0.254 e. The quantitative estimate of drug-likeness (QED) is 0.869. The molecule has 26 heavy (non-hydrogen) atoms. The van der Waals surface area contributed by atoms with Gasteiger partial charge in [-0.1, -0.05) is 18.2 Å². The van der Waals surface area contributed by atoms with E-state index < -0.39 is 11.8 Å². The number of allylic oxidation sites excluding steroid dienone is 1. The van der Waals surface area contributed by atoms with E-state index in [1.54, 1.807) is 6.92 Å². The van der Waals surface area contributed by atoms with E-state index in [1.165, 1.54) is 11.8 Å². The number of benzene rings is 1. The molecular weight excluding hydrogens is 346 g/mol. The lowest BCUT2D eigenvalue weighted by molar-refractivity contribution is -0.113. The molecule has 0 saturated carbocycles. The van der Waals surface area contributed by atoms with Gasteiger partial charge in [0, 0.05) is 11.4 Å². The summed E-state index contributed by atoms with van der Waals surface area (Å²) in [4.78, 5) is 17.5. The maximum atomic E-state index is 13.0. The standard InChI is InChI=1S/C20H19N3O2S/c1-12-9-10-16(25-12)18-15(11-21)20(26-3)22-13(2)17(18)19(24)23-14-7-5-4-6-8-14/h4-10,15,18H,1-3H3,(H,23,24)/t15?,18-/m0/s1. The van der Waals surface area contributed by atoms with Crippen molar-refractivity contribution in [2.45, 2.75) is 19.8 Å². The van der Waals surface area contributed by atoms with Gasteiger partial charge in [0.05, 0.1) is 22.6 Å². The average Bonchev–Trinajstić information content (AvgIpc) is 3.07. The van der Waals surface area contributed by atoms with Gasteiger partial charge in [-0.2, -0.15) is 5.26 Å². The molecule has 0 spiro atoms. The topological polar surface area (TPSA) is 78.4 Å². The molecule has 1 aliphatic rings. The largest absolute Gasteiger partial charge is 0.466 e. The number of thioether (sulfide) groups is 1. The first kappa shape index (κ1) is 18.0. The van der Waals surface area contributed by atoms with Crippen LogP contribution in [0.4, 0.5) is 5.69 Å². The molecule has 1 N–H and O–H groups in total. The Bertz CT molecular complexity index is 922. The summed E-state index contributed by atoms with van der Waals surface area (Å²) in [5.41, 5.74) is 1.77. The predicted octanol–water partition coefficient (Wildman–Crippen LogP) is 4.50. The third kappa shape index (κ3) is 3.44. The third-order valence-electron chi connectivity index (χ3n) is 4.27. The second-order valence-corrected chi connectivity index (χ2v) is 6.83. The van der Waals surface area contributed by atoms with Crippen LogP contribution in [-0.4, -0.2) is 17.2 Å². The first-order valence-electron chi connectivity index (χ1n) is 8.20. The number of nitrogens with one attached hydrogen (secondary N) is 1. The lowest BCUT2D eigenvalue weighted by Gasteiger charge is -2.28. The molecule has 132 valence electrons. The zero-order chi connectivity index (χ0) is 18.7. The summed E-state index contributed by atoms with van der Waals surface area (Å²) in [5, 5.41) is 13.4. The van der Waals surface area contributed by atoms with Crippen LogP contribution in [0.5, 0.6) is 0 Å². The molecule has 1 aliphatic heterocycles. The molecule has 0 aliphatic carbocycles. The number of carbonyl (C=O) groups excluding carboxylic acids is 1. The fraction of sp³-hybridized carbons (Fsp3) is 0.250. The molecule has 1 aromatic heterocycles. The summed E-state index contributed by atoms with van der Waals surface area (Å²) in [6.45, 7) is 3.64. The van der Waals surface area contributed by atoms with Crippen LogP contribution < -0.4 is 5.32 Å². The molecular formula is C20H19N3O2S. The first-order valence-corrected chi connectivity index (χ1v) is 9.43. The van der Waals surface area contributed by atoms with Crippen molar-refractivity contribution in [2.24, 2.45) is 10.9 Å². The number of furan rings is 1. The van der Waals surface area contributed by atoms with Crippen molar-refractivity contribution in [1.29, 1.82) is 5.26 Å². The van der Waals surface area contributed by atoms with Crippen LogP contribution in [0.15, 0.2) is 63.1 Å². The predicted molar refractivity (Wildman–Crippen MR) is 104 cm³/mol. The molecule has 0 fully saturated rings. The molecule has 2 aromatic rings. The Kier molecular flexibility index (Phi) is 5.29. The number of nitrogens with zero attached hydrogens (tertiary/aromatic N) is 2. The van der Waals surface area contributed by atoms with Crippen LogP contribution in [0.3, 0.4) is 0 Å². The Morgan fingerprint density at radius 2 is 1.96 bits per heavy atom. The van der Waals surface area contributed by atoms with E-state index in [2.05, 4.69) is 16.4 Å². The second kappa shape index (κ2) is 7.63. The normalized spacial score (nSPS) is 19.7. The molecule has 0 radical (unpaired) electrons. The molecule has 2 heterocycles. The number of rotatable bonds is 3. The third-order valence-corrected chi connectivity index (χ3v) is 5.03. The van der Waals surface area contributed by atoms with Crippen molar-refractivity contribution < 1.29 is 9.21 Å². The van der Waals surface area contributed by atoms with Gasteiger partial charge in [0.2, 0.25) is 0 Å². The van der Waals surface area contributed by atoms with E-state index in [1.807, 2.05) is 55.6 Å². The van der Waals surface area contributed by atoms with Crippen LogP contribution >= 0.6 is 11.8 Å². The van der Waals surface area contributed by atoms with Crippen LogP contribution in [0.25, 0.3) is 0 Å². The molecule has 5 nitrogen and oxygen atoms in total. The minimum Gasteiger partial charge on any atom is -0.466 e. The zero-order valence-corrected chi connectivity index (χ0v) is 15.6. The van der Waals surface area contributed by atoms with E-state index in [9.17, 15) is 10.1 Å². The second-order valence-electron chi connectivity index (χ2n) is 6.01. The van der Waals surface area contributed by atoms with E-state index in [0.29, 0.717) is 27.8 Å². The van der Waals surface area contributed by atoms with Crippen molar-refractivity contribution >= 4 is 28.4 Å². The molecule has 0 bridgehead atoms. The highest BCUT2D eigenvalue weighted by Crippen LogP contribution is 2.41. The number of hydrogen-bond acceptors (Lipinski definition) is 5. The van der Waals surface area contributed by atoms with Crippen molar-refractivity contribution in [3.8, 4) is 6.07 Å². The summed E-state index contributed by atoms with van der Waals surface area (Å²) in [5.74, 6) is 0.0310. The molecule has 1 aromatic carbocycles. The molecule has 3 rings (SSSR count). The highest BCUT2D eigenvalue weighted by Gasteiger charge is 2.40. The Hall–Kier alpha value is -2.78. The van der Waals surface area contributed by atoms with E-state index >= 15 is 0 Å². The van der Waals surface area contributed by atoms with Gasteiger partial charge in [0.1, 0.15) is 17.4 Å². The molecule has 2 atom stereocenters. The average molecular weight is 365 g/mol. The minimum absolute atomic E-state index is 0.267. The van der Waals surface area contributed by atoms with Crippen molar-refractivity contribution in [3.63, 3.8) is 0 Å². The van der Waals surface area contributed by atoms with Gasteiger partial charge >= 0.3 is 0 Å². The Morgan fingerprint density at radius 1 is 1.23 bits per heavy atom. The van der Waals surface area contributed by atoms with Crippen molar-refractivity contribution in [1.82, 2.24) is 0 Å². The molecule has 0 saturated heterocycles. The summed E-state index contributed by atoms with van der Waals surface area (Å²) < 4.78 is 5.80. The van der Waals surface area contributed by atoms with Gasteiger partial charge in [-0.25, -0.2) is 4.99 Å². The van der Waals surface area contributed by atoms with Gasteiger partial charge in [-0.05, 0) is 44.4 Å². The van der Waals surface area contributed by atoms with E-state index in [-0.39, 0.29) is 5.91 Å². The summed E-state index contributed by atoms with van der Waals surface area (Å²) in [7, 11) is 0. The lowest BCUT2D eigenvalue weighted by atomic mass is 9.81. The summed E-state index contributed by atoms with van der Waals surface area (Å²) in [6, 6.07) is 15.2. The number of nitriles is 1. The van der Waals surface area contributed by atoms with Gasteiger partial charge in [0.25, 0.3) is 5.91 Å². The molecule has 1 amide bonds. The minimum atomic E-state index is -0.559. The van der Waals surface area contributed by atoms with Gasteiger partial charge in [-0.3, -0.25) is 4.79 Å². The summed E-state index contributed by atoms with van der Waals surface area (Å²) in [6.07, 6.45) is 1.88. The smallest absolute Gasteiger partial charge is 0.254 e. The fourth-order valence-corrected chi connectivity index (χ4v) is 3.76. The monoisotopic (exact) mass is 365 g/mol. The Balaban J connectivity index is 2.06. The Morgan fingerprint density at radius 3 is 2.54 bits per heavy atom. The highest BCUT2D eigenvalue weighted by atomic mass is 32.2. The van der Waals surface area contributed by atoms with Gasteiger partial charge < -0.3 is 9.73 Å². The van der Waals surface area contributed by atoms with E-state index in [4.69, 9.17) is 4.42 Å². The number of anilines is 1. The molecule has 1 unspecified atom stereocenters. The number of aryl methyl sites for hydroxylation is 1. The fourth-order valence-electron chi connectivity index (χ4n) is 3.08. The number of amides is 1. The number of aliphatic imine (C=N–C) groups is 1. The van der Waals surface area contributed by atoms with Crippen molar-refractivity contribution in [3.05, 3.63) is 65.3 Å². The first-order chi connectivity index (χ1) is 12.5. The number of carbonyl (C=O) groups is 1. The van der Waals surface area contributed by atoms with Gasteiger partial charge in [-0.15, -0.1) is 11.8 Å². The number of hydrogen-bond donors (Lipinski definition) is 1. The van der Waals surface area contributed by atoms with Crippen LogP contribution in [0, 0.1) is 24.2 Å². The zero-order valence-electron chi connectivity index (χ0n) is 14.8. The van der Waals surface area contributed by atoms with Crippen molar-refractivity contribution in [2.75, 3.05) is 11.6 Å².